The van der Waals surface area contributed by atoms with E-state index in [9.17, 15) is 18.0 Å². The molecule has 2 N–H and O–H groups in total. The average molecular weight is 403 g/mol. The van der Waals surface area contributed by atoms with E-state index in [1.807, 2.05) is 7.05 Å². The highest BCUT2D eigenvalue weighted by Gasteiger charge is 2.29. The Balaban J connectivity index is 1.69. The second-order valence-corrected chi connectivity index (χ2v) is 6.69. The van der Waals surface area contributed by atoms with E-state index in [1.165, 1.54) is 18.2 Å². The Morgan fingerprint density at radius 3 is 2.96 bits per heavy atom. The molecule has 1 aliphatic rings. The lowest BCUT2D eigenvalue weighted by Crippen LogP contribution is -2.34. The fraction of sp³-hybridized carbons (Fsp3) is 0.412. The summed E-state index contributed by atoms with van der Waals surface area (Å²) >= 11 is 5.82. The molecule has 0 aliphatic heterocycles. The molecular weight excluding hydrogens is 385 g/mol. The number of hydrogen-bond donors (Lipinski definition) is 2. The van der Waals surface area contributed by atoms with Crippen LogP contribution >= 0.6 is 11.6 Å². The first-order chi connectivity index (χ1) is 12.7. The third kappa shape index (κ3) is 4.85. The summed E-state index contributed by atoms with van der Waals surface area (Å²) in [6.45, 7) is -1.48. The number of alkyl halides is 3. The van der Waals surface area contributed by atoms with Crippen LogP contribution in [-0.4, -0.2) is 28.6 Å². The van der Waals surface area contributed by atoms with Crippen molar-refractivity contribution in [3.05, 3.63) is 40.7 Å². The van der Waals surface area contributed by atoms with Gasteiger partial charge in [0.1, 0.15) is 5.75 Å². The third-order valence-electron chi connectivity index (χ3n) is 4.26. The SMILES string of the molecule is Cn1ncc2c1CCCC2NC(=O)Nc1ccc(Cl)cc1OCC(F)(F)F. The summed E-state index contributed by atoms with van der Waals surface area (Å²) in [5.74, 6) is -0.152. The van der Waals surface area contributed by atoms with Crippen molar-refractivity contribution in [3.63, 3.8) is 0 Å². The third-order valence-corrected chi connectivity index (χ3v) is 4.50. The Morgan fingerprint density at radius 2 is 2.22 bits per heavy atom. The van der Waals surface area contributed by atoms with Gasteiger partial charge in [-0.2, -0.15) is 18.3 Å². The van der Waals surface area contributed by atoms with Gasteiger partial charge in [0, 0.05) is 29.4 Å². The van der Waals surface area contributed by atoms with E-state index in [0.717, 1.165) is 30.5 Å². The van der Waals surface area contributed by atoms with Gasteiger partial charge in [-0.05, 0) is 31.4 Å². The molecule has 1 unspecified atom stereocenters. The quantitative estimate of drug-likeness (QED) is 0.804. The van der Waals surface area contributed by atoms with E-state index >= 15 is 0 Å². The van der Waals surface area contributed by atoms with Gasteiger partial charge < -0.3 is 15.4 Å². The van der Waals surface area contributed by atoms with Gasteiger partial charge in [-0.1, -0.05) is 11.6 Å². The largest absolute Gasteiger partial charge is 0.482 e. The van der Waals surface area contributed by atoms with Crippen molar-refractivity contribution in [2.75, 3.05) is 11.9 Å². The minimum atomic E-state index is -4.50. The number of rotatable bonds is 4. The van der Waals surface area contributed by atoms with Crippen LogP contribution in [0.25, 0.3) is 0 Å². The maximum atomic E-state index is 12.4. The summed E-state index contributed by atoms with van der Waals surface area (Å²) in [5, 5.41) is 9.78. The van der Waals surface area contributed by atoms with Crippen LogP contribution in [0.1, 0.15) is 30.1 Å². The fourth-order valence-electron chi connectivity index (χ4n) is 3.05. The Morgan fingerprint density at radius 1 is 1.44 bits per heavy atom. The number of nitrogens with zero attached hydrogens (tertiary/aromatic N) is 2. The van der Waals surface area contributed by atoms with E-state index in [4.69, 9.17) is 16.3 Å². The smallest absolute Gasteiger partial charge is 0.422 e. The molecule has 1 heterocycles. The first kappa shape index (κ1) is 19.3. The first-order valence-electron chi connectivity index (χ1n) is 8.30. The first-order valence-corrected chi connectivity index (χ1v) is 8.68. The van der Waals surface area contributed by atoms with Gasteiger partial charge in [0.05, 0.1) is 17.9 Å². The second-order valence-electron chi connectivity index (χ2n) is 6.26. The number of benzene rings is 1. The number of ether oxygens (including phenoxy) is 1. The standard InChI is InChI=1S/C17H18ClF3N4O2/c1-25-14-4-2-3-12(11(14)8-22-25)23-16(26)24-13-6-5-10(18)7-15(13)27-9-17(19,20)21/h5-8,12H,2-4,9H2,1H3,(H2,23,24,26). The summed E-state index contributed by atoms with van der Waals surface area (Å²) < 4.78 is 43.8. The number of aromatic nitrogens is 2. The molecule has 10 heteroatoms. The zero-order chi connectivity index (χ0) is 19.6. The maximum absolute atomic E-state index is 12.4. The van der Waals surface area contributed by atoms with Crippen LogP contribution in [0.5, 0.6) is 5.75 Å². The molecule has 0 radical (unpaired) electrons. The summed E-state index contributed by atoms with van der Waals surface area (Å²) in [6.07, 6.45) is -0.235. The van der Waals surface area contributed by atoms with E-state index < -0.39 is 18.8 Å². The van der Waals surface area contributed by atoms with Gasteiger partial charge in [-0.25, -0.2) is 4.79 Å². The molecule has 0 spiro atoms. The van der Waals surface area contributed by atoms with Crippen molar-refractivity contribution in [2.24, 2.45) is 7.05 Å². The molecule has 1 aliphatic carbocycles. The summed E-state index contributed by atoms with van der Waals surface area (Å²) in [4.78, 5) is 12.4. The van der Waals surface area contributed by atoms with Crippen molar-refractivity contribution in [1.82, 2.24) is 15.1 Å². The van der Waals surface area contributed by atoms with Crippen LogP contribution in [0.3, 0.4) is 0 Å². The second kappa shape index (κ2) is 7.67. The van der Waals surface area contributed by atoms with E-state index in [1.54, 1.807) is 10.9 Å². The highest BCUT2D eigenvalue weighted by molar-refractivity contribution is 6.30. The molecule has 146 valence electrons. The number of nitrogens with one attached hydrogen (secondary N) is 2. The van der Waals surface area contributed by atoms with Gasteiger partial charge in [-0.15, -0.1) is 0 Å². The highest BCUT2D eigenvalue weighted by Crippen LogP contribution is 2.31. The summed E-state index contributed by atoms with van der Waals surface area (Å²) in [6, 6.07) is 3.31. The van der Waals surface area contributed by atoms with Crippen molar-refractivity contribution >= 4 is 23.3 Å². The van der Waals surface area contributed by atoms with Crippen LogP contribution in [-0.2, 0) is 13.5 Å². The van der Waals surface area contributed by atoms with Gasteiger partial charge in [-0.3, -0.25) is 4.68 Å². The van der Waals surface area contributed by atoms with Crippen LogP contribution in [0.15, 0.2) is 24.4 Å². The molecule has 1 aromatic carbocycles. The van der Waals surface area contributed by atoms with Gasteiger partial charge in [0.25, 0.3) is 0 Å². The number of anilines is 1. The lowest BCUT2D eigenvalue weighted by molar-refractivity contribution is -0.153. The van der Waals surface area contributed by atoms with Crippen LogP contribution in [0, 0.1) is 0 Å². The molecule has 1 atom stereocenters. The van der Waals surface area contributed by atoms with Crippen molar-refractivity contribution in [2.45, 2.75) is 31.5 Å². The van der Waals surface area contributed by atoms with Crippen LogP contribution in [0.2, 0.25) is 5.02 Å². The van der Waals surface area contributed by atoms with Crippen molar-refractivity contribution < 1.29 is 22.7 Å². The van der Waals surface area contributed by atoms with Gasteiger partial charge in [0.2, 0.25) is 0 Å². The molecule has 2 aromatic rings. The normalized spacial score (nSPS) is 16.6. The molecule has 0 fully saturated rings. The van der Waals surface area contributed by atoms with Crippen molar-refractivity contribution in [1.29, 1.82) is 0 Å². The Hall–Kier alpha value is -2.42. The van der Waals surface area contributed by atoms with Crippen LogP contribution in [0.4, 0.5) is 23.7 Å². The molecule has 0 bridgehead atoms. The maximum Gasteiger partial charge on any atom is 0.422 e. The number of carbonyl (C=O) groups is 1. The zero-order valence-corrected chi connectivity index (χ0v) is 15.2. The molecular formula is C17H18ClF3N4O2. The number of carbonyl (C=O) groups excluding carboxylic acids is 1. The number of fused-ring (bicyclic) bond motifs is 1. The number of urea groups is 1. The minimum absolute atomic E-state index is 0.100. The number of amides is 2. The number of halogens is 4. The predicted molar refractivity (Wildman–Crippen MR) is 94.0 cm³/mol. The molecule has 1 aromatic heterocycles. The molecule has 6 nitrogen and oxygen atoms in total. The Kier molecular flexibility index (Phi) is 5.50. The molecule has 0 saturated carbocycles. The highest BCUT2D eigenvalue weighted by atomic mass is 35.5. The van der Waals surface area contributed by atoms with E-state index in [2.05, 4.69) is 15.7 Å². The Bertz CT molecular complexity index is 838. The number of hydrogen-bond acceptors (Lipinski definition) is 3. The minimum Gasteiger partial charge on any atom is -0.482 e. The predicted octanol–water partition coefficient (Wildman–Crippen LogP) is 4.21. The van der Waals surface area contributed by atoms with Crippen LogP contribution < -0.4 is 15.4 Å². The zero-order valence-electron chi connectivity index (χ0n) is 14.4. The van der Waals surface area contributed by atoms with E-state index in [0.29, 0.717) is 0 Å². The van der Waals surface area contributed by atoms with E-state index in [-0.39, 0.29) is 22.5 Å². The van der Waals surface area contributed by atoms with Crippen molar-refractivity contribution in [3.8, 4) is 5.75 Å². The molecule has 3 rings (SSSR count). The lowest BCUT2D eigenvalue weighted by Gasteiger charge is -2.24. The monoisotopic (exact) mass is 402 g/mol. The fourth-order valence-corrected chi connectivity index (χ4v) is 3.21. The average Bonchev–Trinajstić information content (AvgIpc) is 2.97. The van der Waals surface area contributed by atoms with Gasteiger partial charge in [0.15, 0.2) is 6.61 Å². The summed E-state index contributed by atoms with van der Waals surface area (Å²) in [5.41, 5.74) is 2.11. The lowest BCUT2D eigenvalue weighted by atomic mass is 9.93. The molecule has 0 saturated heterocycles. The topological polar surface area (TPSA) is 68.2 Å². The molecule has 2 amide bonds. The number of aryl methyl sites for hydroxylation is 1. The Labute approximate surface area is 158 Å². The summed E-state index contributed by atoms with van der Waals surface area (Å²) in [7, 11) is 1.85. The molecule has 27 heavy (non-hydrogen) atoms. The van der Waals surface area contributed by atoms with Gasteiger partial charge >= 0.3 is 12.2 Å².